The maximum absolute atomic E-state index is 12.2. The summed E-state index contributed by atoms with van der Waals surface area (Å²) in [4.78, 5) is 0.0861. The Kier molecular flexibility index (Phi) is 3.63. The molecule has 2 aromatic carbocycles. The Morgan fingerprint density at radius 2 is 1.95 bits per heavy atom. The van der Waals surface area contributed by atoms with Crippen LogP contribution in [0.15, 0.2) is 47.4 Å². The SMILES string of the molecule is Cc1ccc(S(=O)(=O)Nc2cccc(C#N)c2)cc1N. The van der Waals surface area contributed by atoms with Crippen molar-refractivity contribution in [2.24, 2.45) is 0 Å². The van der Waals surface area contributed by atoms with E-state index in [0.29, 0.717) is 16.9 Å². The van der Waals surface area contributed by atoms with Crippen LogP contribution in [-0.4, -0.2) is 8.42 Å². The number of nitriles is 1. The van der Waals surface area contributed by atoms with Crippen LogP contribution >= 0.6 is 0 Å². The Morgan fingerprint density at radius 3 is 2.60 bits per heavy atom. The van der Waals surface area contributed by atoms with Crippen LogP contribution in [0.4, 0.5) is 11.4 Å². The van der Waals surface area contributed by atoms with Crippen LogP contribution in [0.2, 0.25) is 0 Å². The summed E-state index contributed by atoms with van der Waals surface area (Å²) in [6, 6.07) is 12.8. The molecule has 0 amide bonds. The van der Waals surface area contributed by atoms with Crippen molar-refractivity contribution >= 4 is 21.4 Å². The third-order valence-corrected chi connectivity index (χ3v) is 4.18. The number of hydrogen-bond donors (Lipinski definition) is 2. The van der Waals surface area contributed by atoms with E-state index >= 15 is 0 Å². The number of nitrogens with zero attached hydrogens (tertiary/aromatic N) is 1. The van der Waals surface area contributed by atoms with Gasteiger partial charge in [-0.15, -0.1) is 0 Å². The number of anilines is 2. The van der Waals surface area contributed by atoms with Crippen LogP contribution in [-0.2, 0) is 10.0 Å². The minimum absolute atomic E-state index is 0.0861. The summed E-state index contributed by atoms with van der Waals surface area (Å²) in [5.41, 5.74) is 7.67. The predicted molar refractivity (Wildman–Crippen MR) is 77.6 cm³/mol. The van der Waals surface area contributed by atoms with Crippen molar-refractivity contribution in [2.75, 3.05) is 10.5 Å². The highest BCUT2D eigenvalue weighted by molar-refractivity contribution is 7.92. The molecule has 0 aliphatic rings. The molecule has 0 atom stereocenters. The Morgan fingerprint density at radius 1 is 1.20 bits per heavy atom. The molecule has 5 nitrogen and oxygen atoms in total. The average molecular weight is 287 g/mol. The Hall–Kier alpha value is -2.52. The number of nitrogens with two attached hydrogens (primary N) is 1. The number of sulfonamides is 1. The molecule has 0 unspecified atom stereocenters. The molecular formula is C14H13N3O2S. The third-order valence-electron chi connectivity index (χ3n) is 2.80. The van der Waals surface area contributed by atoms with Gasteiger partial charge in [0, 0.05) is 5.69 Å². The zero-order valence-electron chi connectivity index (χ0n) is 10.8. The minimum Gasteiger partial charge on any atom is -0.398 e. The number of nitrogen functional groups attached to an aromatic ring is 1. The molecule has 2 rings (SSSR count). The zero-order chi connectivity index (χ0) is 14.8. The fourth-order valence-corrected chi connectivity index (χ4v) is 2.74. The molecule has 102 valence electrons. The maximum atomic E-state index is 12.2. The number of aryl methyl sites for hydroxylation is 1. The molecule has 0 radical (unpaired) electrons. The Labute approximate surface area is 117 Å². The third kappa shape index (κ3) is 2.90. The van der Waals surface area contributed by atoms with Crippen LogP contribution in [0.5, 0.6) is 0 Å². The fraction of sp³-hybridized carbons (Fsp3) is 0.0714. The average Bonchev–Trinajstić information content (AvgIpc) is 2.41. The van der Waals surface area contributed by atoms with E-state index in [-0.39, 0.29) is 4.90 Å². The first kappa shape index (κ1) is 13.9. The molecular weight excluding hydrogens is 274 g/mol. The van der Waals surface area contributed by atoms with Crippen molar-refractivity contribution in [3.63, 3.8) is 0 Å². The van der Waals surface area contributed by atoms with E-state index in [0.717, 1.165) is 5.56 Å². The second-order valence-electron chi connectivity index (χ2n) is 4.32. The maximum Gasteiger partial charge on any atom is 0.261 e. The summed E-state index contributed by atoms with van der Waals surface area (Å²) >= 11 is 0. The molecule has 0 aromatic heterocycles. The van der Waals surface area contributed by atoms with E-state index in [1.54, 1.807) is 31.2 Å². The van der Waals surface area contributed by atoms with Crippen LogP contribution in [0.3, 0.4) is 0 Å². The van der Waals surface area contributed by atoms with Crippen molar-refractivity contribution in [2.45, 2.75) is 11.8 Å². The van der Waals surface area contributed by atoms with E-state index in [4.69, 9.17) is 11.0 Å². The summed E-state index contributed by atoms with van der Waals surface area (Å²) in [5, 5.41) is 8.80. The van der Waals surface area contributed by atoms with Gasteiger partial charge in [-0.3, -0.25) is 4.72 Å². The molecule has 0 saturated carbocycles. The van der Waals surface area contributed by atoms with Gasteiger partial charge in [-0.1, -0.05) is 12.1 Å². The van der Waals surface area contributed by atoms with E-state index in [2.05, 4.69) is 4.72 Å². The Balaban J connectivity index is 2.35. The van der Waals surface area contributed by atoms with E-state index < -0.39 is 10.0 Å². The normalized spacial score (nSPS) is 10.8. The number of rotatable bonds is 3. The summed E-state index contributed by atoms with van der Waals surface area (Å²) in [6.45, 7) is 1.80. The minimum atomic E-state index is -3.72. The highest BCUT2D eigenvalue weighted by Crippen LogP contribution is 2.20. The molecule has 3 N–H and O–H groups in total. The van der Waals surface area contributed by atoms with Crippen LogP contribution < -0.4 is 10.5 Å². The molecule has 0 bridgehead atoms. The summed E-state index contributed by atoms with van der Waals surface area (Å²) < 4.78 is 26.9. The first-order valence-corrected chi connectivity index (χ1v) is 7.30. The molecule has 20 heavy (non-hydrogen) atoms. The van der Waals surface area contributed by atoms with Crippen LogP contribution in [0.25, 0.3) is 0 Å². The number of nitrogens with one attached hydrogen (secondary N) is 1. The predicted octanol–water partition coefficient (Wildman–Crippen LogP) is 2.25. The van der Waals surface area contributed by atoms with E-state index in [1.165, 1.54) is 18.2 Å². The standard InChI is InChI=1S/C14H13N3O2S/c1-10-5-6-13(8-14(10)16)20(18,19)17-12-4-2-3-11(7-12)9-15/h2-8,17H,16H2,1H3. The highest BCUT2D eigenvalue weighted by atomic mass is 32.2. The number of benzene rings is 2. The van der Waals surface area contributed by atoms with E-state index in [1.807, 2.05) is 6.07 Å². The zero-order valence-corrected chi connectivity index (χ0v) is 11.6. The lowest BCUT2D eigenvalue weighted by Crippen LogP contribution is -2.13. The lowest BCUT2D eigenvalue weighted by molar-refractivity contribution is 0.601. The molecule has 2 aromatic rings. The van der Waals surface area contributed by atoms with Crippen molar-refractivity contribution in [1.82, 2.24) is 0 Å². The smallest absolute Gasteiger partial charge is 0.261 e. The fourth-order valence-electron chi connectivity index (χ4n) is 1.65. The van der Waals surface area contributed by atoms with Gasteiger partial charge >= 0.3 is 0 Å². The lowest BCUT2D eigenvalue weighted by Gasteiger charge is -2.09. The van der Waals surface area contributed by atoms with E-state index in [9.17, 15) is 8.42 Å². The van der Waals surface area contributed by atoms with Crippen LogP contribution in [0, 0.1) is 18.3 Å². The van der Waals surface area contributed by atoms with Gasteiger partial charge in [-0.25, -0.2) is 8.42 Å². The van der Waals surface area contributed by atoms with Gasteiger partial charge < -0.3 is 5.73 Å². The molecule has 0 aliphatic carbocycles. The summed E-state index contributed by atoms with van der Waals surface area (Å²) in [5.74, 6) is 0. The largest absolute Gasteiger partial charge is 0.398 e. The second kappa shape index (κ2) is 5.23. The van der Waals surface area contributed by atoms with Gasteiger partial charge in [0.05, 0.1) is 22.2 Å². The van der Waals surface area contributed by atoms with Gasteiger partial charge in [0.25, 0.3) is 10.0 Å². The highest BCUT2D eigenvalue weighted by Gasteiger charge is 2.15. The first-order valence-electron chi connectivity index (χ1n) is 5.81. The summed E-state index contributed by atoms with van der Waals surface area (Å²) in [7, 11) is -3.72. The van der Waals surface area contributed by atoms with Gasteiger partial charge in [-0.2, -0.15) is 5.26 Å². The van der Waals surface area contributed by atoms with Crippen molar-refractivity contribution in [3.05, 3.63) is 53.6 Å². The summed E-state index contributed by atoms with van der Waals surface area (Å²) in [6.07, 6.45) is 0. The van der Waals surface area contributed by atoms with Gasteiger partial charge in [0.2, 0.25) is 0 Å². The molecule has 0 heterocycles. The topological polar surface area (TPSA) is 96.0 Å². The second-order valence-corrected chi connectivity index (χ2v) is 6.00. The monoisotopic (exact) mass is 287 g/mol. The quantitative estimate of drug-likeness (QED) is 0.846. The van der Waals surface area contributed by atoms with Gasteiger partial charge in [0.1, 0.15) is 0 Å². The molecule has 0 fully saturated rings. The lowest BCUT2D eigenvalue weighted by atomic mass is 10.2. The molecule has 0 spiro atoms. The van der Waals surface area contributed by atoms with Crippen LogP contribution in [0.1, 0.15) is 11.1 Å². The molecule has 0 aliphatic heterocycles. The Bertz CT molecular complexity index is 792. The first-order chi connectivity index (χ1) is 9.42. The van der Waals surface area contributed by atoms with Crippen molar-refractivity contribution < 1.29 is 8.42 Å². The number of hydrogen-bond acceptors (Lipinski definition) is 4. The van der Waals surface area contributed by atoms with Gasteiger partial charge in [0.15, 0.2) is 0 Å². The molecule has 0 saturated heterocycles. The molecule has 6 heteroatoms. The van der Waals surface area contributed by atoms with Crippen molar-refractivity contribution in [1.29, 1.82) is 5.26 Å². The van der Waals surface area contributed by atoms with Gasteiger partial charge in [-0.05, 0) is 42.8 Å². The van der Waals surface area contributed by atoms with Crippen molar-refractivity contribution in [3.8, 4) is 6.07 Å².